The predicted molar refractivity (Wildman–Crippen MR) is 69.5 cm³/mol. The quantitative estimate of drug-likeness (QED) is 0.912. The Morgan fingerprint density at radius 1 is 1.44 bits per heavy atom. The molecule has 2 aromatic rings. The fraction of sp³-hybridized carbons (Fsp3) is 0.182. The number of aromatic nitrogens is 1. The Hall–Kier alpha value is -0.910. The van der Waals surface area contributed by atoms with Gasteiger partial charge in [0.15, 0.2) is 0 Å². The zero-order valence-corrected chi connectivity index (χ0v) is 10.9. The molecule has 0 atom stereocenters. The highest BCUT2D eigenvalue weighted by atomic mass is 79.9. The van der Waals surface area contributed by atoms with Gasteiger partial charge < -0.3 is 10.4 Å². The normalized spacial score (nSPS) is 10.4. The molecule has 2 N–H and O–H groups in total. The number of benzene rings is 1. The van der Waals surface area contributed by atoms with Gasteiger partial charge in [0.1, 0.15) is 0 Å². The molecule has 1 aromatic heterocycles. The van der Waals surface area contributed by atoms with Gasteiger partial charge in [0.05, 0.1) is 18.7 Å². The van der Waals surface area contributed by atoms with Gasteiger partial charge in [-0.15, -0.1) is 11.3 Å². The van der Waals surface area contributed by atoms with Crippen molar-refractivity contribution in [3.05, 3.63) is 44.8 Å². The van der Waals surface area contributed by atoms with Gasteiger partial charge in [-0.1, -0.05) is 22.0 Å². The highest BCUT2D eigenvalue weighted by Crippen LogP contribution is 2.22. The Labute approximate surface area is 106 Å². The number of nitrogens with one attached hydrogen (secondary N) is 1. The average molecular weight is 299 g/mol. The first-order chi connectivity index (χ1) is 7.79. The van der Waals surface area contributed by atoms with Gasteiger partial charge >= 0.3 is 0 Å². The second-order valence-corrected chi connectivity index (χ2v) is 5.17. The molecule has 0 unspecified atom stereocenters. The number of thiazole rings is 1. The van der Waals surface area contributed by atoms with Crippen LogP contribution in [0.3, 0.4) is 0 Å². The molecule has 0 bridgehead atoms. The SMILES string of the molecule is OCc1ccc(Br)cc1NCc1cncs1. The lowest BCUT2D eigenvalue weighted by Crippen LogP contribution is -2.01. The summed E-state index contributed by atoms with van der Waals surface area (Å²) in [5.41, 5.74) is 3.66. The molecule has 5 heteroatoms. The summed E-state index contributed by atoms with van der Waals surface area (Å²) >= 11 is 5.02. The van der Waals surface area contributed by atoms with Crippen molar-refractivity contribution in [2.24, 2.45) is 0 Å². The highest BCUT2D eigenvalue weighted by molar-refractivity contribution is 9.10. The van der Waals surface area contributed by atoms with E-state index in [2.05, 4.69) is 26.2 Å². The Kier molecular flexibility index (Phi) is 3.93. The van der Waals surface area contributed by atoms with Crippen LogP contribution in [0, 0.1) is 0 Å². The van der Waals surface area contributed by atoms with Gasteiger partial charge in [-0.05, 0) is 12.1 Å². The average Bonchev–Trinajstić information content (AvgIpc) is 2.79. The molecular weight excluding hydrogens is 288 g/mol. The topological polar surface area (TPSA) is 45.1 Å². The first-order valence-electron chi connectivity index (χ1n) is 4.80. The maximum Gasteiger partial charge on any atom is 0.0794 e. The Morgan fingerprint density at radius 3 is 3.00 bits per heavy atom. The fourth-order valence-electron chi connectivity index (χ4n) is 1.36. The van der Waals surface area contributed by atoms with E-state index in [1.165, 1.54) is 4.88 Å². The number of hydrogen-bond donors (Lipinski definition) is 2. The summed E-state index contributed by atoms with van der Waals surface area (Å²) in [6.45, 7) is 0.770. The molecule has 0 aliphatic rings. The van der Waals surface area contributed by atoms with Crippen LogP contribution < -0.4 is 5.32 Å². The zero-order valence-electron chi connectivity index (χ0n) is 8.48. The summed E-state index contributed by atoms with van der Waals surface area (Å²) in [5.74, 6) is 0. The minimum absolute atomic E-state index is 0.0400. The van der Waals surface area contributed by atoms with Crippen molar-refractivity contribution in [3.8, 4) is 0 Å². The number of aliphatic hydroxyl groups is 1. The van der Waals surface area contributed by atoms with Gasteiger partial charge in [0.25, 0.3) is 0 Å². The van der Waals surface area contributed by atoms with Crippen molar-refractivity contribution in [3.63, 3.8) is 0 Å². The van der Waals surface area contributed by atoms with E-state index < -0.39 is 0 Å². The van der Waals surface area contributed by atoms with Gasteiger partial charge in [0.2, 0.25) is 0 Å². The van der Waals surface area contributed by atoms with Crippen LogP contribution in [0.2, 0.25) is 0 Å². The molecule has 0 fully saturated rings. The van der Waals surface area contributed by atoms with Gasteiger partial charge in [-0.3, -0.25) is 4.98 Å². The van der Waals surface area contributed by atoms with Crippen molar-refractivity contribution in [2.75, 3.05) is 5.32 Å². The van der Waals surface area contributed by atoms with Crippen LogP contribution in [0.4, 0.5) is 5.69 Å². The van der Waals surface area contributed by atoms with E-state index in [1.54, 1.807) is 11.3 Å². The monoisotopic (exact) mass is 298 g/mol. The second-order valence-electron chi connectivity index (χ2n) is 3.28. The molecular formula is C11H11BrN2OS. The van der Waals surface area contributed by atoms with Crippen LogP contribution in [-0.4, -0.2) is 10.1 Å². The van der Waals surface area contributed by atoms with Gasteiger partial charge in [0, 0.05) is 26.8 Å². The van der Waals surface area contributed by atoms with Crippen LogP contribution in [0.1, 0.15) is 10.4 Å². The minimum atomic E-state index is 0.0400. The molecule has 1 aromatic carbocycles. The maximum atomic E-state index is 9.20. The molecule has 1 heterocycles. The Balaban J connectivity index is 2.11. The second kappa shape index (κ2) is 5.43. The Bertz CT molecular complexity index is 459. The minimum Gasteiger partial charge on any atom is -0.392 e. The third kappa shape index (κ3) is 2.81. The number of hydrogen-bond acceptors (Lipinski definition) is 4. The number of halogens is 1. The molecule has 3 nitrogen and oxygen atoms in total. The van der Waals surface area contributed by atoms with Crippen LogP contribution in [0.15, 0.2) is 34.4 Å². The molecule has 0 aliphatic heterocycles. The van der Waals surface area contributed by atoms with E-state index in [9.17, 15) is 5.11 Å². The van der Waals surface area contributed by atoms with E-state index in [-0.39, 0.29) is 6.61 Å². The standard InChI is InChI=1S/C11H11BrN2OS/c12-9-2-1-8(6-15)11(3-9)14-5-10-4-13-7-16-10/h1-4,7,14-15H,5-6H2. The molecule has 0 spiro atoms. The van der Waals surface area contributed by atoms with E-state index >= 15 is 0 Å². The first kappa shape index (κ1) is 11.6. The molecule has 2 rings (SSSR count). The molecule has 0 amide bonds. The molecule has 16 heavy (non-hydrogen) atoms. The van der Waals surface area contributed by atoms with Crippen molar-refractivity contribution in [1.29, 1.82) is 0 Å². The van der Waals surface area contributed by atoms with Crippen LogP contribution >= 0.6 is 27.3 Å². The molecule has 0 radical (unpaired) electrons. The van der Waals surface area contributed by atoms with Crippen molar-refractivity contribution >= 4 is 33.0 Å². The zero-order chi connectivity index (χ0) is 11.4. The fourth-order valence-corrected chi connectivity index (χ4v) is 2.26. The molecule has 0 aliphatic carbocycles. The largest absolute Gasteiger partial charge is 0.392 e. The number of anilines is 1. The lowest BCUT2D eigenvalue weighted by atomic mass is 10.2. The smallest absolute Gasteiger partial charge is 0.0794 e. The summed E-state index contributed by atoms with van der Waals surface area (Å²) in [6, 6.07) is 5.79. The van der Waals surface area contributed by atoms with Gasteiger partial charge in [-0.25, -0.2) is 0 Å². The van der Waals surface area contributed by atoms with Gasteiger partial charge in [-0.2, -0.15) is 0 Å². The molecule has 84 valence electrons. The number of rotatable bonds is 4. The highest BCUT2D eigenvalue weighted by Gasteiger charge is 2.02. The van der Waals surface area contributed by atoms with Crippen LogP contribution in [0.5, 0.6) is 0 Å². The van der Waals surface area contributed by atoms with Crippen molar-refractivity contribution in [2.45, 2.75) is 13.2 Å². The summed E-state index contributed by atoms with van der Waals surface area (Å²) in [4.78, 5) is 5.18. The van der Waals surface area contributed by atoms with E-state index in [0.29, 0.717) is 0 Å². The third-order valence-corrected chi connectivity index (χ3v) is 3.45. The van der Waals surface area contributed by atoms with Crippen LogP contribution in [-0.2, 0) is 13.2 Å². The number of nitrogens with zero attached hydrogens (tertiary/aromatic N) is 1. The van der Waals surface area contributed by atoms with Crippen molar-refractivity contribution < 1.29 is 5.11 Å². The van der Waals surface area contributed by atoms with E-state index in [4.69, 9.17) is 0 Å². The molecule has 0 saturated heterocycles. The number of aliphatic hydroxyl groups excluding tert-OH is 1. The lowest BCUT2D eigenvalue weighted by molar-refractivity contribution is 0.282. The lowest BCUT2D eigenvalue weighted by Gasteiger charge is -2.10. The van der Waals surface area contributed by atoms with Crippen molar-refractivity contribution in [1.82, 2.24) is 4.98 Å². The predicted octanol–water partition coefficient (Wildman–Crippen LogP) is 3.01. The summed E-state index contributed by atoms with van der Waals surface area (Å²) in [7, 11) is 0. The summed E-state index contributed by atoms with van der Waals surface area (Å²) < 4.78 is 0.997. The summed E-state index contributed by atoms with van der Waals surface area (Å²) in [6.07, 6.45) is 1.84. The summed E-state index contributed by atoms with van der Waals surface area (Å²) in [5, 5.41) is 12.5. The van der Waals surface area contributed by atoms with Crippen LogP contribution in [0.25, 0.3) is 0 Å². The molecule has 0 saturated carbocycles. The Morgan fingerprint density at radius 2 is 2.31 bits per heavy atom. The third-order valence-electron chi connectivity index (χ3n) is 2.18. The van der Waals surface area contributed by atoms with E-state index in [1.807, 2.05) is 29.9 Å². The maximum absolute atomic E-state index is 9.20. The van der Waals surface area contributed by atoms with E-state index in [0.717, 1.165) is 22.3 Å². The first-order valence-corrected chi connectivity index (χ1v) is 6.47.